The number of anilines is 1. The van der Waals surface area contributed by atoms with E-state index in [0.717, 1.165) is 27.4 Å². The number of amides is 1. The molecule has 1 aliphatic rings. The Kier molecular flexibility index (Phi) is 2.84. The minimum absolute atomic E-state index is 0.0199. The summed E-state index contributed by atoms with van der Waals surface area (Å²) in [5.41, 5.74) is 6.67. The highest BCUT2D eigenvalue weighted by Crippen LogP contribution is 2.27. The molecule has 1 aliphatic heterocycles. The Bertz CT molecular complexity index is 626. The van der Waals surface area contributed by atoms with Crippen LogP contribution in [-0.2, 0) is 4.79 Å². The molecule has 0 bridgehead atoms. The van der Waals surface area contributed by atoms with Gasteiger partial charge in [-0.05, 0) is 41.5 Å². The van der Waals surface area contributed by atoms with Crippen molar-refractivity contribution >= 4 is 38.3 Å². The third kappa shape index (κ3) is 1.91. The summed E-state index contributed by atoms with van der Waals surface area (Å²) >= 11 is 3.45. The first-order chi connectivity index (χ1) is 8.65. The van der Waals surface area contributed by atoms with Crippen molar-refractivity contribution in [3.8, 4) is 0 Å². The third-order valence-electron chi connectivity index (χ3n) is 3.34. The number of hydrogen-bond acceptors (Lipinski definition) is 2. The number of carbonyl (C=O) groups is 1. The van der Waals surface area contributed by atoms with Gasteiger partial charge in [0.05, 0.1) is 6.04 Å². The Morgan fingerprint density at radius 2 is 1.89 bits per heavy atom. The molecule has 3 nitrogen and oxygen atoms in total. The Hall–Kier alpha value is -1.39. The minimum atomic E-state index is -0.342. The third-order valence-corrected chi connectivity index (χ3v) is 3.84. The molecule has 3 rings (SSSR count). The zero-order valence-corrected chi connectivity index (χ0v) is 11.4. The topological polar surface area (TPSA) is 46.3 Å². The highest BCUT2D eigenvalue weighted by molar-refractivity contribution is 9.10. The van der Waals surface area contributed by atoms with Gasteiger partial charge in [0.2, 0.25) is 5.91 Å². The predicted octanol–water partition coefficient (Wildman–Crippen LogP) is 2.67. The highest BCUT2D eigenvalue weighted by atomic mass is 79.9. The fraction of sp³-hybridized carbons (Fsp3) is 0.214. The summed E-state index contributed by atoms with van der Waals surface area (Å²) in [7, 11) is 0. The molecule has 92 valence electrons. The molecule has 1 unspecified atom stereocenters. The van der Waals surface area contributed by atoms with E-state index in [1.165, 1.54) is 0 Å². The van der Waals surface area contributed by atoms with Crippen molar-refractivity contribution in [2.24, 2.45) is 5.73 Å². The molecule has 1 saturated heterocycles. The summed E-state index contributed by atoms with van der Waals surface area (Å²) < 4.78 is 1.06. The van der Waals surface area contributed by atoms with Crippen LogP contribution in [0.3, 0.4) is 0 Å². The number of carbonyl (C=O) groups excluding carboxylic acids is 1. The van der Waals surface area contributed by atoms with Crippen LogP contribution in [0.1, 0.15) is 6.42 Å². The average Bonchev–Trinajstić information content (AvgIpc) is 2.69. The van der Waals surface area contributed by atoms with Gasteiger partial charge in [-0.25, -0.2) is 0 Å². The van der Waals surface area contributed by atoms with Gasteiger partial charge in [-0.3, -0.25) is 4.79 Å². The predicted molar refractivity (Wildman–Crippen MR) is 76.6 cm³/mol. The number of halogens is 1. The van der Waals surface area contributed by atoms with Crippen LogP contribution in [0.15, 0.2) is 40.9 Å². The maximum atomic E-state index is 11.9. The number of rotatable bonds is 1. The lowest BCUT2D eigenvalue weighted by molar-refractivity contribution is -0.118. The zero-order valence-electron chi connectivity index (χ0n) is 9.77. The Morgan fingerprint density at radius 1 is 1.17 bits per heavy atom. The molecule has 2 aromatic carbocycles. The van der Waals surface area contributed by atoms with Crippen LogP contribution in [0.4, 0.5) is 5.69 Å². The second-order valence-electron chi connectivity index (χ2n) is 4.56. The van der Waals surface area contributed by atoms with Gasteiger partial charge in [0.15, 0.2) is 0 Å². The van der Waals surface area contributed by atoms with Gasteiger partial charge in [-0.2, -0.15) is 0 Å². The number of nitrogens with zero attached hydrogens (tertiary/aromatic N) is 1. The van der Waals surface area contributed by atoms with Gasteiger partial charge >= 0.3 is 0 Å². The maximum absolute atomic E-state index is 11.9. The van der Waals surface area contributed by atoms with E-state index in [9.17, 15) is 4.79 Å². The largest absolute Gasteiger partial charge is 0.320 e. The van der Waals surface area contributed by atoms with Crippen molar-refractivity contribution in [2.45, 2.75) is 12.5 Å². The number of nitrogens with two attached hydrogens (primary N) is 1. The Morgan fingerprint density at radius 3 is 2.61 bits per heavy atom. The van der Waals surface area contributed by atoms with E-state index < -0.39 is 0 Å². The van der Waals surface area contributed by atoms with Crippen molar-refractivity contribution in [1.29, 1.82) is 0 Å². The van der Waals surface area contributed by atoms with Crippen LogP contribution < -0.4 is 10.6 Å². The van der Waals surface area contributed by atoms with Gasteiger partial charge < -0.3 is 10.6 Å². The van der Waals surface area contributed by atoms with Gasteiger partial charge in [0.25, 0.3) is 0 Å². The van der Waals surface area contributed by atoms with E-state index in [0.29, 0.717) is 6.54 Å². The highest BCUT2D eigenvalue weighted by Gasteiger charge is 2.29. The quantitative estimate of drug-likeness (QED) is 0.880. The van der Waals surface area contributed by atoms with Crippen molar-refractivity contribution in [2.75, 3.05) is 11.4 Å². The average molecular weight is 305 g/mol. The van der Waals surface area contributed by atoms with Crippen LogP contribution >= 0.6 is 15.9 Å². The van der Waals surface area contributed by atoms with Crippen LogP contribution in [-0.4, -0.2) is 18.5 Å². The standard InChI is InChI=1S/C14H13BrN2O/c15-11-3-1-10-8-12(4-2-9(10)7-11)17-6-5-13(16)14(17)18/h1-4,7-8,13H,5-6,16H2. The molecule has 1 amide bonds. The van der Waals surface area contributed by atoms with Crippen molar-refractivity contribution < 1.29 is 4.79 Å². The van der Waals surface area contributed by atoms with Crippen molar-refractivity contribution in [3.05, 3.63) is 40.9 Å². The molecular formula is C14H13BrN2O. The van der Waals surface area contributed by atoms with Crippen LogP contribution in [0.25, 0.3) is 10.8 Å². The van der Waals surface area contributed by atoms with E-state index in [-0.39, 0.29) is 11.9 Å². The maximum Gasteiger partial charge on any atom is 0.243 e. The number of hydrogen-bond donors (Lipinski definition) is 1. The summed E-state index contributed by atoms with van der Waals surface area (Å²) in [4.78, 5) is 13.7. The van der Waals surface area contributed by atoms with Crippen LogP contribution in [0, 0.1) is 0 Å². The molecule has 4 heteroatoms. The van der Waals surface area contributed by atoms with Gasteiger partial charge in [0, 0.05) is 16.7 Å². The van der Waals surface area contributed by atoms with E-state index in [1.54, 1.807) is 4.90 Å². The molecule has 1 atom stereocenters. The zero-order chi connectivity index (χ0) is 12.7. The molecular weight excluding hydrogens is 292 g/mol. The second kappa shape index (κ2) is 4.37. The van der Waals surface area contributed by atoms with Crippen molar-refractivity contribution in [3.63, 3.8) is 0 Å². The molecule has 0 aromatic heterocycles. The van der Waals surface area contributed by atoms with E-state index in [4.69, 9.17) is 5.73 Å². The molecule has 2 aromatic rings. The molecule has 0 radical (unpaired) electrons. The van der Waals surface area contributed by atoms with Gasteiger partial charge in [-0.1, -0.05) is 28.1 Å². The van der Waals surface area contributed by atoms with Crippen LogP contribution in [0.2, 0.25) is 0 Å². The lowest BCUT2D eigenvalue weighted by Gasteiger charge is -2.16. The summed E-state index contributed by atoms with van der Waals surface area (Å²) in [6, 6.07) is 11.8. The first-order valence-corrected chi connectivity index (χ1v) is 6.71. The summed E-state index contributed by atoms with van der Waals surface area (Å²) in [5, 5.41) is 2.29. The number of fused-ring (bicyclic) bond motifs is 1. The monoisotopic (exact) mass is 304 g/mol. The van der Waals surface area contributed by atoms with Gasteiger partial charge in [0.1, 0.15) is 0 Å². The number of benzene rings is 2. The Balaban J connectivity index is 2.04. The SMILES string of the molecule is NC1CCN(c2ccc3cc(Br)ccc3c2)C1=O. The molecule has 2 N–H and O–H groups in total. The first kappa shape index (κ1) is 11.7. The summed E-state index contributed by atoms with van der Waals surface area (Å²) in [5.74, 6) is 0.0199. The normalized spacial score (nSPS) is 19.8. The van der Waals surface area contributed by atoms with Crippen molar-refractivity contribution in [1.82, 2.24) is 0 Å². The van der Waals surface area contributed by atoms with Gasteiger partial charge in [-0.15, -0.1) is 0 Å². The van der Waals surface area contributed by atoms with E-state index in [2.05, 4.69) is 22.0 Å². The lowest BCUT2D eigenvalue weighted by Crippen LogP contribution is -2.33. The van der Waals surface area contributed by atoms with E-state index in [1.807, 2.05) is 30.3 Å². The molecule has 18 heavy (non-hydrogen) atoms. The fourth-order valence-electron chi connectivity index (χ4n) is 2.33. The first-order valence-electron chi connectivity index (χ1n) is 5.91. The molecule has 1 fully saturated rings. The molecule has 1 heterocycles. The lowest BCUT2D eigenvalue weighted by atomic mass is 10.1. The molecule has 0 saturated carbocycles. The van der Waals surface area contributed by atoms with E-state index >= 15 is 0 Å². The molecule has 0 spiro atoms. The minimum Gasteiger partial charge on any atom is -0.320 e. The molecule has 0 aliphatic carbocycles. The second-order valence-corrected chi connectivity index (χ2v) is 5.48. The summed E-state index contributed by atoms with van der Waals surface area (Å²) in [6.45, 7) is 0.710. The fourth-order valence-corrected chi connectivity index (χ4v) is 2.71. The summed E-state index contributed by atoms with van der Waals surface area (Å²) in [6.07, 6.45) is 0.733. The van der Waals surface area contributed by atoms with Crippen LogP contribution in [0.5, 0.6) is 0 Å². The Labute approximate surface area is 114 Å². The smallest absolute Gasteiger partial charge is 0.243 e.